The fraction of sp³-hybridized carbons (Fsp3) is 0.379. The summed E-state index contributed by atoms with van der Waals surface area (Å²) in [5.74, 6) is 0.378. The van der Waals surface area contributed by atoms with Gasteiger partial charge < -0.3 is 25.0 Å². The Labute approximate surface area is 215 Å². The van der Waals surface area contributed by atoms with Crippen molar-refractivity contribution in [2.75, 3.05) is 45.2 Å². The zero-order valence-corrected chi connectivity index (χ0v) is 21.2. The summed E-state index contributed by atoms with van der Waals surface area (Å²) in [5.41, 5.74) is 1.26. The van der Waals surface area contributed by atoms with E-state index >= 15 is 4.39 Å². The Bertz CT molecular complexity index is 1450. The maximum atomic E-state index is 16.3. The number of phenols is 1. The van der Waals surface area contributed by atoms with E-state index in [1.807, 2.05) is 44.4 Å². The van der Waals surface area contributed by atoms with Gasteiger partial charge in [0.2, 0.25) is 0 Å². The van der Waals surface area contributed by atoms with E-state index in [9.17, 15) is 5.11 Å². The molecule has 2 bridgehead atoms. The number of anilines is 1. The van der Waals surface area contributed by atoms with Gasteiger partial charge in [-0.1, -0.05) is 30.3 Å². The van der Waals surface area contributed by atoms with Gasteiger partial charge in [-0.05, 0) is 67.9 Å². The van der Waals surface area contributed by atoms with Gasteiger partial charge in [0.1, 0.15) is 17.1 Å². The number of halogens is 1. The summed E-state index contributed by atoms with van der Waals surface area (Å²) in [6.45, 7) is 2.98. The lowest BCUT2D eigenvalue weighted by molar-refractivity contribution is 0.264. The number of aromatic hydroxyl groups is 1. The van der Waals surface area contributed by atoms with Crippen molar-refractivity contribution in [3.05, 3.63) is 54.3 Å². The van der Waals surface area contributed by atoms with Gasteiger partial charge in [-0.3, -0.25) is 0 Å². The van der Waals surface area contributed by atoms with Crippen molar-refractivity contribution >= 4 is 27.5 Å². The lowest BCUT2D eigenvalue weighted by Gasteiger charge is -2.34. The SMILES string of the molecule is CN(C)CCCOc1nc(N2C[C@H]3CC[C@@H](C2)N3)c2ccc(-c3cc(O)cc4ccccc34)c(F)c2n1. The van der Waals surface area contributed by atoms with Crippen LogP contribution in [0.15, 0.2) is 48.5 Å². The average Bonchev–Trinajstić information content (AvgIpc) is 3.23. The quantitative estimate of drug-likeness (QED) is 0.360. The Hall–Kier alpha value is -3.49. The van der Waals surface area contributed by atoms with E-state index in [0.717, 1.165) is 55.5 Å². The monoisotopic (exact) mass is 501 g/mol. The van der Waals surface area contributed by atoms with Gasteiger partial charge in [0.25, 0.3) is 0 Å². The molecule has 4 aromatic rings. The van der Waals surface area contributed by atoms with Crippen LogP contribution in [-0.4, -0.2) is 72.4 Å². The molecule has 192 valence electrons. The lowest BCUT2D eigenvalue weighted by Crippen LogP contribution is -2.51. The highest BCUT2D eigenvalue weighted by Gasteiger charge is 2.34. The van der Waals surface area contributed by atoms with E-state index < -0.39 is 5.82 Å². The van der Waals surface area contributed by atoms with Crippen LogP contribution in [0.4, 0.5) is 10.2 Å². The van der Waals surface area contributed by atoms with Gasteiger partial charge in [0.05, 0.1) is 6.61 Å². The summed E-state index contributed by atoms with van der Waals surface area (Å²) in [4.78, 5) is 13.7. The number of nitrogens with zero attached hydrogens (tertiary/aromatic N) is 4. The van der Waals surface area contributed by atoms with Crippen LogP contribution in [0.1, 0.15) is 19.3 Å². The van der Waals surface area contributed by atoms with Crippen molar-refractivity contribution in [2.24, 2.45) is 0 Å². The smallest absolute Gasteiger partial charge is 0.319 e. The molecule has 0 unspecified atom stereocenters. The highest BCUT2D eigenvalue weighted by molar-refractivity contribution is 6.01. The van der Waals surface area contributed by atoms with E-state index in [-0.39, 0.29) is 17.3 Å². The number of hydrogen-bond donors (Lipinski definition) is 2. The zero-order chi connectivity index (χ0) is 25.5. The Morgan fingerprint density at radius 1 is 1.03 bits per heavy atom. The number of hydrogen-bond acceptors (Lipinski definition) is 7. The van der Waals surface area contributed by atoms with Crippen molar-refractivity contribution in [1.82, 2.24) is 20.2 Å². The summed E-state index contributed by atoms with van der Waals surface area (Å²) in [6, 6.07) is 15.7. The standard InChI is InChI=1S/C29H32FN5O2/c1-34(2)12-5-13-37-29-32-27-24(28(33-29)35-16-19-8-9-20(17-35)31-19)11-10-23(26(27)30)25-15-21(36)14-18-6-3-4-7-22(18)25/h3-4,6-7,10-11,14-15,19-20,31,36H,5,8-9,12-13,16-17H2,1-2H3/t19-,20+. The molecule has 2 N–H and O–H groups in total. The van der Waals surface area contributed by atoms with Crippen molar-refractivity contribution in [2.45, 2.75) is 31.3 Å². The minimum absolute atomic E-state index is 0.0952. The second-order valence-corrected chi connectivity index (χ2v) is 10.4. The maximum absolute atomic E-state index is 16.3. The number of nitrogens with one attached hydrogen (secondary N) is 1. The van der Waals surface area contributed by atoms with E-state index in [2.05, 4.69) is 20.1 Å². The predicted molar refractivity (Wildman–Crippen MR) is 145 cm³/mol. The Kier molecular flexibility index (Phi) is 6.30. The number of fused-ring (bicyclic) bond motifs is 4. The third-order valence-electron chi connectivity index (χ3n) is 7.40. The molecular formula is C29H32FN5O2. The molecule has 0 amide bonds. The number of rotatable bonds is 7. The molecule has 2 atom stereocenters. The fourth-order valence-corrected chi connectivity index (χ4v) is 5.67. The second kappa shape index (κ2) is 9.76. The Morgan fingerprint density at radius 2 is 1.81 bits per heavy atom. The molecular weight excluding hydrogens is 469 g/mol. The van der Waals surface area contributed by atoms with Crippen LogP contribution in [0.25, 0.3) is 32.8 Å². The molecule has 2 aliphatic rings. The number of aromatic nitrogens is 2. The number of ether oxygens (including phenoxy) is 1. The molecule has 0 saturated carbocycles. The summed E-state index contributed by atoms with van der Waals surface area (Å²) in [6.07, 6.45) is 3.10. The first-order valence-corrected chi connectivity index (χ1v) is 13.0. The molecule has 3 heterocycles. The van der Waals surface area contributed by atoms with Crippen LogP contribution in [0.5, 0.6) is 11.8 Å². The molecule has 2 aliphatic heterocycles. The van der Waals surface area contributed by atoms with E-state index in [0.29, 0.717) is 35.2 Å². The van der Waals surface area contributed by atoms with Crippen molar-refractivity contribution in [1.29, 1.82) is 0 Å². The predicted octanol–water partition coefficient (Wildman–Crippen LogP) is 4.57. The van der Waals surface area contributed by atoms with Gasteiger partial charge >= 0.3 is 6.01 Å². The van der Waals surface area contributed by atoms with Crippen LogP contribution in [0.3, 0.4) is 0 Å². The third kappa shape index (κ3) is 4.67. The van der Waals surface area contributed by atoms with Crippen LogP contribution >= 0.6 is 0 Å². The Morgan fingerprint density at radius 3 is 2.59 bits per heavy atom. The molecule has 6 rings (SSSR count). The molecule has 3 aromatic carbocycles. The minimum atomic E-state index is -0.437. The number of piperazine rings is 1. The molecule has 0 radical (unpaired) electrons. The normalized spacial score (nSPS) is 19.3. The van der Waals surface area contributed by atoms with E-state index in [4.69, 9.17) is 9.72 Å². The summed E-state index contributed by atoms with van der Waals surface area (Å²) in [7, 11) is 4.04. The number of phenolic OH excluding ortho intramolecular Hbond substituents is 1. The van der Waals surface area contributed by atoms with Gasteiger partial charge in [-0.15, -0.1) is 0 Å². The van der Waals surface area contributed by atoms with E-state index in [1.165, 1.54) is 0 Å². The second-order valence-electron chi connectivity index (χ2n) is 10.4. The first kappa shape index (κ1) is 23.9. The highest BCUT2D eigenvalue weighted by Crippen LogP contribution is 2.38. The van der Waals surface area contributed by atoms with Crippen LogP contribution in [0, 0.1) is 5.82 Å². The first-order valence-electron chi connectivity index (χ1n) is 13.0. The zero-order valence-electron chi connectivity index (χ0n) is 21.2. The topological polar surface area (TPSA) is 73.8 Å². The average molecular weight is 502 g/mol. The van der Waals surface area contributed by atoms with Crippen LogP contribution < -0.4 is 15.0 Å². The van der Waals surface area contributed by atoms with Crippen LogP contribution in [0.2, 0.25) is 0 Å². The molecule has 0 aliphatic carbocycles. The largest absolute Gasteiger partial charge is 0.508 e. The summed E-state index contributed by atoms with van der Waals surface area (Å²) in [5, 5.41) is 16.4. The molecule has 2 fully saturated rings. The van der Waals surface area contributed by atoms with Gasteiger partial charge in [0, 0.05) is 42.7 Å². The molecule has 1 aromatic heterocycles. The Balaban J connectivity index is 1.46. The molecule has 2 saturated heterocycles. The maximum Gasteiger partial charge on any atom is 0.319 e. The number of benzene rings is 3. The molecule has 7 nitrogen and oxygen atoms in total. The van der Waals surface area contributed by atoms with E-state index in [1.54, 1.807) is 18.2 Å². The van der Waals surface area contributed by atoms with Gasteiger partial charge in [0.15, 0.2) is 5.82 Å². The van der Waals surface area contributed by atoms with Crippen molar-refractivity contribution in [3.63, 3.8) is 0 Å². The van der Waals surface area contributed by atoms with Crippen molar-refractivity contribution < 1.29 is 14.2 Å². The van der Waals surface area contributed by atoms with Crippen molar-refractivity contribution in [3.8, 4) is 22.9 Å². The summed E-state index contributed by atoms with van der Waals surface area (Å²) >= 11 is 0. The molecule has 0 spiro atoms. The minimum Gasteiger partial charge on any atom is -0.508 e. The third-order valence-corrected chi connectivity index (χ3v) is 7.40. The van der Waals surface area contributed by atoms with Gasteiger partial charge in [-0.25, -0.2) is 4.39 Å². The molecule has 37 heavy (non-hydrogen) atoms. The lowest BCUT2D eigenvalue weighted by atomic mass is 9.96. The van der Waals surface area contributed by atoms with Crippen LogP contribution in [-0.2, 0) is 0 Å². The molecule has 8 heteroatoms. The first-order chi connectivity index (χ1) is 18.0. The van der Waals surface area contributed by atoms with Gasteiger partial charge in [-0.2, -0.15) is 9.97 Å². The summed E-state index contributed by atoms with van der Waals surface area (Å²) < 4.78 is 22.3. The fourth-order valence-electron chi connectivity index (χ4n) is 5.67. The highest BCUT2D eigenvalue weighted by atomic mass is 19.1.